The van der Waals surface area contributed by atoms with Crippen LogP contribution in [0.3, 0.4) is 0 Å². The summed E-state index contributed by atoms with van der Waals surface area (Å²) >= 11 is 0. The van der Waals surface area contributed by atoms with Crippen molar-refractivity contribution >= 4 is 11.8 Å². The molecule has 8 heteroatoms. The molecule has 2 aliphatic heterocycles. The van der Waals surface area contributed by atoms with Crippen molar-refractivity contribution in [2.75, 3.05) is 6.61 Å². The average molecular weight is 499 g/mol. The Balaban J connectivity index is 1.35. The number of Topliss-reactive ketones (excluding diaryl/α,β-unsaturated/α-hetero) is 1. The van der Waals surface area contributed by atoms with Crippen molar-refractivity contribution in [3.63, 3.8) is 0 Å². The maximum absolute atomic E-state index is 14.4. The predicted molar refractivity (Wildman–Crippen MR) is 123 cm³/mol. The lowest BCUT2D eigenvalue weighted by Gasteiger charge is -2.84. The van der Waals surface area contributed by atoms with Crippen LogP contribution in [0.15, 0.2) is 36.4 Å². The molecular weight excluding hydrogens is 467 g/mol. The minimum Gasteiger partial charge on any atom is -0.442 e. The molecule has 0 radical (unpaired) electrons. The van der Waals surface area contributed by atoms with Crippen LogP contribution >= 0.6 is 0 Å². The summed E-state index contributed by atoms with van der Waals surface area (Å²) in [6, 6.07) is 4.88. The SMILES string of the molecule is C=C1[C@@H]2CC[C@H]3[C@@]45COC(O)([C@@H](O)[C@@H]4C(C)(C)CC[C@@H]5O)[C@]34C(=O)[C@@]1(OC(=O)c1ccc(F)cc1)[C@H]24. The molecule has 8 rings (SSSR count). The summed E-state index contributed by atoms with van der Waals surface area (Å²) in [4.78, 5) is 27.5. The van der Waals surface area contributed by atoms with Gasteiger partial charge in [-0.05, 0) is 72.8 Å². The Hall–Kier alpha value is -2.13. The zero-order chi connectivity index (χ0) is 25.6. The largest absolute Gasteiger partial charge is 0.442 e. The lowest BCUT2D eigenvalue weighted by Crippen LogP contribution is -2.97. The van der Waals surface area contributed by atoms with E-state index in [1.807, 2.05) is 13.8 Å². The van der Waals surface area contributed by atoms with Gasteiger partial charge >= 0.3 is 5.97 Å². The lowest BCUT2D eigenvalue weighted by molar-refractivity contribution is -0.483. The first-order valence-electron chi connectivity index (χ1n) is 12.9. The third kappa shape index (κ3) is 2.04. The van der Waals surface area contributed by atoms with Crippen molar-refractivity contribution in [3.8, 4) is 0 Å². The van der Waals surface area contributed by atoms with E-state index in [1.165, 1.54) is 12.1 Å². The van der Waals surface area contributed by atoms with Gasteiger partial charge < -0.3 is 24.8 Å². The molecule has 7 fully saturated rings. The highest BCUT2D eigenvalue weighted by atomic mass is 19.1. The number of hydrogen-bond donors (Lipinski definition) is 3. The van der Waals surface area contributed by atoms with Gasteiger partial charge in [0.05, 0.1) is 18.3 Å². The molecule has 2 bridgehead atoms. The number of halogens is 1. The number of benzene rings is 1. The standard InChI is InChI=1S/C28H31FO7/c1-13-16-8-9-17-25-12-35-28(34,21(31)20(25)24(2,3)11-10-18(25)30)26(17)19(16)27(13,23(26)33)36-22(32)14-4-6-15(29)7-5-14/h4-7,16-21,30-31,34H,1,8-12H2,2-3H3/t16-,17-,18-,19+,20+,21-,25+,26+,27-,28?/m0/s1. The number of fused-ring (bicyclic) bond motifs is 1. The van der Waals surface area contributed by atoms with Crippen LogP contribution in [0.5, 0.6) is 0 Å². The molecule has 1 aromatic carbocycles. The van der Waals surface area contributed by atoms with Gasteiger partial charge in [0.2, 0.25) is 5.79 Å². The molecule has 1 unspecified atom stereocenters. The Morgan fingerprint density at radius 3 is 2.53 bits per heavy atom. The molecule has 10 atom stereocenters. The third-order valence-electron chi connectivity index (χ3n) is 11.2. The van der Waals surface area contributed by atoms with Crippen molar-refractivity contribution in [2.24, 2.45) is 39.9 Å². The maximum atomic E-state index is 14.4. The van der Waals surface area contributed by atoms with Gasteiger partial charge in [-0.2, -0.15) is 0 Å². The highest BCUT2D eigenvalue weighted by Gasteiger charge is 2.97. The number of carbonyl (C=O) groups is 2. The Kier molecular flexibility index (Phi) is 4.13. The summed E-state index contributed by atoms with van der Waals surface area (Å²) in [6.45, 7) is 8.26. The molecule has 36 heavy (non-hydrogen) atoms. The number of hydrogen-bond acceptors (Lipinski definition) is 7. The van der Waals surface area contributed by atoms with Gasteiger partial charge in [-0.3, -0.25) is 4.79 Å². The maximum Gasteiger partial charge on any atom is 0.339 e. The topological polar surface area (TPSA) is 113 Å². The van der Waals surface area contributed by atoms with E-state index < -0.39 is 69.7 Å². The average Bonchev–Trinajstić information content (AvgIpc) is 2.84. The van der Waals surface area contributed by atoms with Crippen molar-refractivity contribution in [2.45, 2.75) is 63.1 Å². The van der Waals surface area contributed by atoms with Crippen LogP contribution in [-0.2, 0) is 14.3 Å². The van der Waals surface area contributed by atoms with Gasteiger partial charge in [-0.1, -0.05) is 20.4 Å². The first-order valence-corrected chi connectivity index (χ1v) is 12.9. The normalized spacial score (nSPS) is 51.3. The molecule has 0 aromatic heterocycles. The fourth-order valence-electron chi connectivity index (χ4n) is 9.98. The number of ketones is 1. The fraction of sp³-hybridized carbons (Fsp3) is 0.643. The van der Waals surface area contributed by atoms with Crippen LogP contribution in [0.2, 0.25) is 0 Å². The summed E-state index contributed by atoms with van der Waals surface area (Å²) in [6.07, 6.45) is 0.299. The number of aliphatic hydroxyl groups excluding tert-OH is 2. The molecular formula is C28H31FO7. The smallest absolute Gasteiger partial charge is 0.339 e. The third-order valence-corrected chi connectivity index (χ3v) is 11.2. The van der Waals surface area contributed by atoms with Gasteiger partial charge in [0, 0.05) is 17.3 Å². The van der Waals surface area contributed by atoms with Crippen LogP contribution in [0.1, 0.15) is 49.9 Å². The highest BCUT2D eigenvalue weighted by molar-refractivity contribution is 6.10. The summed E-state index contributed by atoms with van der Waals surface area (Å²) in [5.74, 6) is -5.59. The number of aliphatic hydroxyl groups is 3. The summed E-state index contributed by atoms with van der Waals surface area (Å²) < 4.78 is 25.3. The molecule has 2 spiro atoms. The van der Waals surface area contributed by atoms with Crippen LogP contribution in [0.25, 0.3) is 0 Å². The van der Waals surface area contributed by atoms with Crippen molar-refractivity contribution in [1.82, 2.24) is 0 Å². The second-order valence-electron chi connectivity index (χ2n) is 12.6. The molecule has 5 aliphatic carbocycles. The first kappa shape index (κ1) is 23.0. The number of esters is 1. The first-order chi connectivity index (χ1) is 16.9. The highest BCUT2D eigenvalue weighted by Crippen LogP contribution is 2.85. The van der Waals surface area contributed by atoms with E-state index >= 15 is 0 Å². The van der Waals surface area contributed by atoms with Gasteiger partial charge in [0.15, 0.2) is 11.4 Å². The number of rotatable bonds is 2. The van der Waals surface area contributed by atoms with Gasteiger partial charge in [-0.15, -0.1) is 0 Å². The van der Waals surface area contributed by atoms with Gasteiger partial charge in [-0.25, -0.2) is 9.18 Å². The van der Waals surface area contributed by atoms with E-state index in [1.54, 1.807) is 0 Å². The van der Waals surface area contributed by atoms with Crippen LogP contribution in [0, 0.1) is 45.7 Å². The Bertz CT molecular complexity index is 1230. The monoisotopic (exact) mass is 498 g/mol. The fourth-order valence-corrected chi connectivity index (χ4v) is 9.98. The molecule has 5 saturated carbocycles. The molecule has 1 aromatic rings. The van der Waals surface area contributed by atoms with E-state index in [9.17, 15) is 29.3 Å². The van der Waals surface area contributed by atoms with Crippen molar-refractivity contribution in [1.29, 1.82) is 0 Å². The Labute approximate surface area is 208 Å². The second kappa shape index (κ2) is 6.46. The Morgan fingerprint density at radius 2 is 1.83 bits per heavy atom. The zero-order valence-electron chi connectivity index (χ0n) is 20.4. The number of carbonyl (C=O) groups excluding carboxylic acids is 2. The van der Waals surface area contributed by atoms with E-state index in [4.69, 9.17) is 9.47 Å². The quantitative estimate of drug-likeness (QED) is 0.424. The predicted octanol–water partition coefficient (Wildman–Crippen LogP) is 2.38. The van der Waals surface area contributed by atoms with Crippen molar-refractivity contribution < 1.29 is 38.8 Å². The molecule has 2 saturated heterocycles. The van der Waals surface area contributed by atoms with Crippen LogP contribution in [-0.4, -0.2) is 57.3 Å². The molecule has 3 N–H and O–H groups in total. The van der Waals surface area contributed by atoms with Gasteiger partial charge in [0.1, 0.15) is 17.3 Å². The molecule has 7 aliphatic rings. The van der Waals surface area contributed by atoms with Crippen LogP contribution < -0.4 is 0 Å². The minimum atomic E-state index is -2.15. The summed E-state index contributed by atoms with van der Waals surface area (Å²) in [5.41, 5.74) is -3.79. The molecule has 2 heterocycles. The molecule has 7 nitrogen and oxygen atoms in total. The Morgan fingerprint density at radius 1 is 1.14 bits per heavy atom. The van der Waals surface area contributed by atoms with Crippen molar-refractivity contribution in [3.05, 3.63) is 47.8 Å². The van der Waals surface area contributed by atoms with Crippen LogP contribution in [0.4, 0.5) is 4.39 Å². The van der Waals surface area contributed by atoms with Gasteiger partial charge in [0.25, 0.3) is 0 Å². The second-order valence-corrected chi connectivity index (χ2v) is 12.6. The summed E-state index contributed by atoms with van der Waals surface area (Å²) in [7, 11) is 0. The molecule has 192 valence electrons. The molecule has 0 amide bonds. The van der Waals surface area contributed by atoms with E-state index in [2.05, 4.69) is 6.58 Å². The minimum absolute atomic E-state index is 0.0657. The van der Waals surface area contributed by atoms with E-state index in [0.717, 1.165) is 12.1 Å². The lowest BCUT2D eigenvalue weighted by atomic mass is 9.21. The zero-order valence-corrected chi connectivity index (χ0v) is 20.4. The van der Waals surface area contributed by atoms with E-state index in [-0.39, 0.29) is 23.5 Å². The number of ether oxygens (including phenoxy) is 2. The summed E-state index contributed by atoms with van der Waals surface area (Å²) in [5, 5.41) is 35.3. The van der Waals surface area contributed by atoms with E-state index in [0.29, 0.717) is 31.3 Å².